The number of ether oxygens (including phenoxy) is 1. The molecule has 2 rings (SSSR count). The second-order valence-electron chi connectivity index (χ2n) is 4.48. The molecule has 0 aromatic heterocycles. The zero-order chi connectivity index (χ0) is 12.4. The van der Waals surface area contributed by atoms with Crippen molar-refractivity contribution in [3.63, 3.8) is 0 Å². The minimum absolute atomic E-state index is 0.102. The molecule has 1 aliphatic rings. The van der Waals surface area contributed by atoms with E-state index in [1.807, 2.05) is 43.0 Å². The van der Waals surface area contributed by atoms with Crippen LogP contribution in [-0.4, -0.2) is 36.1 Å². The zero-order valence-corrected chi connectivity index (χ0v) is 12.2. The van der Waals surface area contributed by atoms with E-state index < -0.39 is 0 Å². The minimum Gasteiger partial charge on any atom is -0.372 e. The molecule has 4 heteroatoms. The van der Waals surface area contributed by atoms with E-state index in [0.29, 0.717) is 13.1 Å². The average molecular weight is 345 g/mol. The second kappa shape index (κ2) is 5.35. The van der Waals surface area contributed by atoms with Gasteiger partial charge in [0.1, 0.15) is 0 Å². The number of carbonyl (C=O) groups is 1. The van der Waals surface area contributed by atoms with Crippen LogP contribution in [0.15, 0.2) is 24.3 Å². The molecule has 0 saturated carbocycles. The Morgan fingerprint density at radius 2 is 2.00 bits per heavy atom. The largest absolute Gasteiger partial charge is 0.372 e. The van der Waals surface area contributed by atoms with E-state index in [9.17, 15) is 4.79 Å². The summed E-state index contributed by atoms with van der Waals surface area (Å²) in [7, 11) is 0. The number of morpholine rings is 1. The molecule has 1 heterocycles. The summed E-state index contributed by atoms with van der Waals surface area (Å²) in [6.07, 6.45) is 0.232. The SMILES string of the molecule is C[C@@H]1CN(C(=O)c2cccc(I)c2)C[C@H](C)O1. The normalized spacial score (nSPS) is 24.8. The monoisotopic (exact) mass is 345 g/mol. The first kappa shape index (κ1) is 12.8. The molecule has 0 bridgehead atoms. The summed E-state index contributed by atoms with van der Waals surface area (Å²) in [6, 6.07) is 7.70. The van der Waals surface area contributed by atoms with E-state index in [0.717, 1.165) is 9.13 Å². The highest BCUT2D eigenvalue weighted by molar-refractivity contribution is 14.1. The van der Waals surface area contributed by atoms with Gasteiger partial charge in [-0.2, -0.15) is 0 Å². The van der Waals surface area contributed by atoms with Crippen LogP contribution in [0.5, 0.6) is 0 Å². The van der Waals surface area contributed by atoms with Gasteiger partial charge in [0.25, 0.3) is 5.91 Å². The van der Waals surface area contributed by atoms with Crippen LogP contribution in [-0.2, 0) is 4.74 Å². The number of carbonyl (C=O) groups excluding carboxylic acids is 1. The fourth-order valence-electron chi connectivity index (χ4n) is 2.15. The highest BCUT2D eigenvalue weighted by atomic mass is 127. The van der Waals surface area contributed by atoms with Gasteiger partial charge < -0.3 is 9.64 Å². The number of amides is 1. The van der Waals surface area contributed by atoms with Gasteiger partial charge in [-0.05, 0) is 54.6 Å². The molecular formula is C13H16INO2. The number of hydrogen-bond acceptors (Lipinski definition) is 2. The van der Waals surface area contributed by atoms with Crippen LogP contribution in [0.4, 0.5) is 0 Å². The molecule has 3 nitrogen and oxygen atoms in total. The Labute approximate surface area is 115 Å². The van der Waals surface area contributed by atoms with Gasteiger partial charge in [0.15, 0.2) is 0 Å². The predicted molar refractivity (Wildman–Crippen MR) is 75.1 cm³/mol. The standard InChI is InChI=1S/C13H16INO2/c1-9-7-15(8-10(2)17-9)13(16)11-4-3-5-12(14)6-11/h3-6,9-10H,7-8H2,1-2H3/t9-,10+. The van der Waals surface area contributed by atoms with Crippen LogP contribution < -0.4 is 0 Å². The molecule has 17 heavy (non-hydrogen) atoms. The summed E-state index contributed by atoms with van der Waals surface area (Å²) in [5.41, 5.74) is 0.762. The smallest absolute Gasteiger partial charge is 0.254 e. The first-order valence-electron chi connectivity index (χ1n) is 5.76. The Balaban J connectivity index is 2.14. The number of hydrogen-bond donors (Lipinski definition) is 0. The lowest BCUT2D eigenvalue weighted by Crippen LogP contribution is -2.48. The van der Waals surface area contributed by atoms with Gasteiger partial charge in [-0.15, -0.1) is 0 Å². The van der Waals surface area contributed by atoms with Crippen LogP contribution in [0.2, 0.25) is 0 Å². The highest BCUT2D eigenvalue weighted by Gasteiger charge is 2.26. The molecule has 92 valence electrons. The van der Waals surface area contributed by atoms with E-state index in [-0.39, 0.29) is 18.1 Å². The Morgan fingerprint density at radius 1 is 1.35 bits per heavy atom. The maximum absolute atomic E-state index is 12.3. The molecule has 1 aromatic carbocycles. The Morgan fingerprint density at radius 3 is 2.59 bits per heavy atom. The summed E-state index contributed by atoms with van der Waals surface area (Å²) in [5, 5.41) is 0. The molecule has 0 unspecified atom stereocenters. The first-order chi connectivity index (χ1) is 8.06. The van der Waals surface area contributed by atoms with Crippen LogP contribution >= 0.6 is 22.6 Å². The molecule has 1 fully saturated rings. The molecule has 1 saturated heterocycles. The van der Waals surface area contributed by atoms with Crippen LogP contribution in [0.25, 0.3) is 0 Å². The van der Waals surface area contributed by atoms with Crippen molar-refractivity contribution in [2.24, 2.45) is 0 Å². The van der Waals surface area contributed by atoms with Gasteiger partial charge >= 0.3 is 0 Å². The topological polar surface area (TPSA) is 29.5 Å². The van der Waals surface area contributed by atoms with E-state index in [1.54, 1.807) is 0 Å². The van der Waals surface area contributed by atoms with Crippen molar-refractivity contribution >= 4 is 28.5 Å². The zero-order valence-electron chi connectivity index (χ0n) is 10.0. The van der Waals surface area contributed by atoms with Gasteiger partial charge in [0, 0.05) is 22.2 Å². The highest BCUT2D eigenvalue weighted by Crippen LogP contribution is 2.15. The molecule has 0 N–H and O–H groups in total. The van der Waals surface area contributed by atoms with Gasteiger partial charge in [0.05, 0.1) is 12.2 Å². The van der Waals surface area contributed by atoms with Crippen LogP contribution in [0.1, 0.15) is 24.2 Å². The quantitative estimate of drug-likeness (QED) is 0.732. The second-order valence-corrected chi connectivity index (χ2v) is 5.72. The van der Waals surface area contributed by atoms with Crippen molar-refractivity contribution in [2.75, 3.05) is 13.1 Å². The maximum Gasteiger partial charge on any atom is 0.254 e. The summed E-state index contributed by atoms with van der Waals surface area (Å²) < 4.78 is 6.72. The molecule has 1 aromatic rings. The van der Waals surface area contributed by atoms with Gasteiger partial charge in [-0.1, -0.05) is 6.07 Å². The van der Waals surface area contributed by atoms with Gasteiger partial charge in [-0.3, -0.25) is 4.79 Å². The Hall–Kier alpha value is -0.620. The van der Waals surface area contributed by atoms with Crippen molar-refractivity contribution in [3.05, 3.63) is 33.4 Å². The molecule has 1 aliphatic heterocycles. The van der Waals surface area contributed by atoms with Crippen molar-refractivity contribution in [1.82, 2.24) is 4.90 Å². The number of nitrogens with zero attached hydrogens (tertiary/aromatic N) is 1. The first-order valence-corrected chi connectivity index (χ1v) is 6.84. The van der Waals surface area contributed by atoms with E-state index in [4.69, 9.17) is 4.74 Å². The molecule has 0 spiro atoms. The van der Waals surface area contributed by atoms with E-state index in [2.05, 4.69) is 22.6 Å². The molecular weight excluding hydrogens is 329 g/mol. The third-order valence-electron chi connectivity index (χ3n) is 2.78. The lowest BCUT2D eigenvalue weighted by Gasteiger charge is -2.35. The summed E-state index contributed by atoms with van der Waals surface area (Å²) in [6.45, 7) is 5.36. The Kier molecular flexibility index (Phi) is 4.04. The van der Waals surface area contributed by atoms with Crippen molar-refractivity contribution < 1.29 is 9.53 Å². The average Bonchev–Trinajstić information content (AvgIpc) is 2.26. The third kappa shape index (κ3) is 3.19. The Bertz CT molecular complexity index is 412. The number of rotatable bonds is 1. The van der Waals surface area contributed by atoms with E-state index >= 15 is 0 Å². The minimum atomic E-state index is 0.102. The van der Waals surface area contributed by atoms with Crippen molar-refractivity contribution in [3.8, 4) is 0 Å². The molecule has 0 radical (unpaired) electrons. The molecule has 2 atom stereocenters. The predicted octanol–water partition coefficient (Wildman–Crippen LogP) is 2.54. The maximum atomic E-state index is 12.3. The van der Waals surface area contributed by atoms with Crippen molar-refractivity contribution in [1.29, 1.82) is 0 Å². The van der Waals surface area contributed by atoms with Crippen LogP contribution in [0.3, 0.4) is 0 Å². The van der Waals surface area contributed by atoms with Gasteiger partial charge in [0.2, 0.25) is 0 Å². The fourth-order valence-corrected chi connectivity index (χ4v) is 2.69. The lowest BCUT2D eigenvalue weighted by atomic mass is 10.1. The summed E-state index contributed by atoms with van der Waals surface area (Å²) >= 11 is 2.22. The molecule has 0 aliphatic carbocycles. The van der Waals surface area contributed by atoms with Crippen LogP contribution in [0, 0.1) is 3.57 Å². The van der Waals surface area contributed by atoms with Gasteiger partial charge in [-0.25, -0.2) is 0 Å². The number of halogens is 1. The summed E-state index contributed by atoms with van der Waals surface area (Å²) in [5.74, 6) is 0.102. The fraction of sp³-hybridized carbons (Fsp3) is 0.462. The van der Waals surface area contributed by atoms with Crippen molar-refractivity contribution in [2.45, 2.75) is 26.1 Å². The lowest BCUT2D eigenvalue weighted by molar-refractivity contribution is -0.0586. The third-order valence-corrected chi connectivity index (χ3v) is 3.45. The number of benzene rings is 1. The summed E-state index contributed by atoms with van der Waals surface area (Å²) in [4.78, 5) is 14.2. The molecule has 1 amide bonds. The van der Waals surface area contributed by atoms with E-state index in [1.165, 1.54) is 0 Å².